The van der Waals surface area contributed by atoms with Crippen LogP contribution in [0, 0.1) is 0 Å². The van der Waals surface area contributed by atoms with Gasteiger partial charge in [-0.3, -0.25) is 14.5 Å². The van der Waals surface area contributed by atoms with E-state index in [1.54, 1.807) is 4.90 Å². The average Bonchev–Trinajstić information content (AvgIpc) is 2.82. The lowest BCUT2D eigenvalue weighted by molar-refractivity contribution is -0.138. The molecule has 19 heavy (non-hydrogen) atoms. The largest absolute Gasteiger partial charge is 0.480 e. The summed E-state index contributed by atoms with van der Waals surface area (Å²) in [5.41, 5.74) is 0. The molecule has 0 saturated carbocycles. The van der Waals surface area contributed by atoms with Crippen molar-refractivity contribution >= 4 is 18.0 Å². The molecular weight excluding hydrogens is 252 g/mol. The first-order valence-corrected chi connectivity index (χ1v) is 5.97. The highest BCUT2D eigenvalue weighted by Crippen LogP contribution is 2.16. The van der Waals surface area contributed by atoms with Gasteiger partial charge in [0.15, 0.2) is 0 Å². The van der Waals surface area contributed by atoms with Crippen molar-refractivity contribution in [2.75, 3.05) is 26.2 Å². The molecule has 2 amide bonds. The second kappa shape index (κ2) is 6.77. The van der Waals surface area contributed by atoms with Crippen molar-refractivity contribution in [2.45, 2.75) is 19.4 Å². The van der Waals surface area contributed by atoms with Crippen LogP contribution in [0.3, 0.4) is 0 Å². The molecular formula is C12H18N2O5. The molecule has 106 valence electrons. The Morgan fingerprint density at radius 3 is 2.68 bits per heavy atom. The Labute approximate surface area is 111 Å². The van der Waals surface area contributed by atoms with Gasteiger partial charge < -0.3 is 14.7 Å². The van der Waals surface area contributed by atoms with Crippen molar-refractivity contribution in [3.05, 3.63) is 12.7 Å². The Hall–Kier alpha value is -2.05. The van der Waals surface area contributed by atoms with E-state index < -0.39 is 18.6 Å². The summed E-state index contributed by atoms with van der Waals surface area (Å²) in [6.07, 6.45) is 1.27. The molecule has 0 aromatic rings. The van der Waals surface area contributed by atoms with E-state index in [2.05, 4.69) is 6.58 Å². The Kier molecular flexibility index (Phi) is 5.35. The van der Waals surface area contributed by atoms with E-state index in [0.29, 0.717) is 19.5 Å². The Morgan fingerprint density at radius 2 is 2.21 bits per heavy atom. The Morgan fingerprint density at radius 1 is 1.53 bits per heavy atom. The number of carboxylic acids is 1. The van der Waals surface area contributed by atoms with Gasteiger partial charge in [-0.2, -0.15) is 0 Å². The summed E-state index contributed by atoms with van der Waals surface area (Å²) in [7, 11) is 0. The van der Waals surface area contributed by atoms with Crippen LogP contribution in [0.25, 0.3) is 0 Å². The van der Waals surface area contributed by atoms with Gasteiger partial charge in [0.1, 0.15) is 13.2 Å². The summed E-state index contributed by atoms with van der Waals surface area (Å²) < 4.78 is 4.86. The number of aliphatic carboxylic acids is 1. The summed E-state index contributed by atoms with van der Waals surface area (Å²) in [6, 6.07) is -0.322. The van der Waals surface area contributed by atoms with Gasteiger partial charge in [-0.25, -0.2) is 4.79 Å². The van der Waals surface area contributed by atoms with Crippen LogP contribution in [0.1, 0.15) is 13.3 Å². The standard InChI is InChI=1S/C12H18N2O5/c1-3-6-19-12(18)14(8-11(16)17)10-4-5-13(7-10)9(2)15/h3,10H,1,4-8H2,2H3,(H,16,17). The number of ether oxygens (including phenoxy) is 1. The van der Waals surface area contributed by atoms with Crippen molar-refractivity contribution in [1.82, 2.24) is 9.80 Å². The van der Waals surface area contributed by atoms with Crippen LogP contribution in [0.15, 0.2) is 12.7 Å². The molecule has 0 bridgehead atoms. The number of carboxylic acid groups (broad SMARTS) is 1. The minimum absolute atomic E-state index is 0.0259. The number of likely N-dealkylation sites (tertiary alicyclic amines) is 1. The lowest BCUT2D eigenvalue weighted by Gasteiger charge is -2.26. The topological polar surface area (TPSA) is 87.2 Å². The third-order valence-electron chi connectivity index (χ3n) is 2.91. The summed E-state index contributed by atoms with van der Waals surface area (Å²) in [5, 5.41) is 8.84. The maximum Gasteiger partial charge on any atom is 0.410 e. The fourth-order valence-electron chi connectivity index (χ4n) is 1.98. The van der Waals surface area contributed by atoms with Gasteiger partial charge in [-0.1, -0.05) is 12.7 Å². The monoisotopic (exact) mass is 270 g/mol. The molecule has 0 spiro atoms. The second-order valence-electron chi connectivity index (χ2n) is 4.29. The first-order valence-electron chi connectivity index (χ1n) is 5.97. The van der Waals surface area contributed by atoms with Gasteiger partial charge >= 0.3 is 12.1 Å². The summed E-state index contributed by atoms with van der Waals surface area (Å²) in [5.74, 6) is -1.20. The third-order valence-corrected chi connectivity index (χ3v) is 2.91. The second-order valence-corrected chi connectivity index (χ2v) is 4.29. The van der Waals surface area contributed by atoms with Gasteiger partial charge in [0.2, 0.25) is 5.91 Å². The van der Waals surface area contributed by atoms with E-state index in [-0.39, 0.29) is 18.6 Å². The number of hydrogen-bond donors (Lipinski definition) is 1. The van der Waals surface area contributed by atoms with Gasteiger partial charge in [0.05, 0.1) is 6.04 Å². The molecule has 0 aliphatic carbocycles. The molecule has 0 aromatic carbocycles. The van der Waals surface area contributed by atoms with Gasteiger partial charge in [0, 0.05) is 20.0 Å². The first kappa shape index (κ1) is 15.0. The Balaban J connectivity index is 2.69. The SMILES string of the molecule is C=CCOC(=O)N(CC(=O)O)C1CCN(C(C)=O)C1. The molecule has 1 unspecified atom stereocenters. The molecule has 1 atom stereocenters. The number of nitrogens with zero attached hydrogens (tertiary/aromatic N) is 2. The predicted molar refractivity (Wildman–Crippen MR) is 66.5 cm³/mol. The zero-order valence-corrected chi connectivity index (χ0v) is 10.9. The highest BCUT2D eigenvalue weighted by molar-refractivity contribution is 5.77. The predicted octanol–water partition coefficient (Wildman–Crippen LogP) is 0.316. The molecule has 1 aliphatic rings. The van der Waals surface area contributed by atoms with Gasteiger partial charge in [-0.05, 0) is 6.42 Å². The quantitative estimate of drug-likeness (QED) is 0.727. The van der Waals surface area contributed by atoms with E-state index in [9.17, 15) is 14.4 Å². The van der Waals surface area contributed by atoms with Crippen LogP contribution in [0.5, 0.6) is 0 Å². The minimum atomic E-state index is -1.11. The number of amides is 2. The van der Waals surface area contributed by atoms with Crippen molar-refractivity contribution in [2.24, 2.45) is 0 Å². The minimum Gasteiger partial charge on any atom is -0.480 e. The number of hydrogen-bond acceptors (Lipinski definition) is 4. The molecule has 7 nitrogen and oxygen atoms in total. The summed E-state index contributed by atoms with van der Waals surface area (Å²) in [4.78, 5) is 36.6. The van der Waals surface area contributed by atoms with Crippen LogP contribution in [-0.4, -0.2) is 65.2 Å². The lowest BCUT2D eigenvalue weighted by atomic mass is 10.2. The molecule has 1 fully saturated rings. The fourth-order valence-corrected chi connectivity index (χ4v) is 1.98. The van der Waals surface area contributed by atoms with E-state index in [1.165, 1.54) is 13.0 Å². The lowest BCUT2D eigenvalue weighted by Crippen LogP contribution is -2.45. The van der Waals surface area contributed by atoms with Crippen molar-refractivity contribution in [3.8, 4) is 0 Å². The zero-order chi connectivity index (χ0) is 14.4. The fraction of sp³-hybridized carbons (Fsp3) is 0.583. The molecule has 1 aliphatic heterocycles. The van der Waals surface area contributed by atoms with Crippen LogP contribution in [0.2, 0.25) is 0 Å². The van der Waals surface area contributed by atoms with Gasteiger partial charge in [0.25, 0.3) is 0 Å². The molecule has 1 N–H and O–H groups in total. The highest BCUT2D eigenvalue weighted by atomic mass is 16.6. The normalized spacial score (nSPS) is 17.9. The maximum atomic E-state index is 11.8. The zero-order valence-electron chi connectivity index (χ0n) is 10.9. The number of carbonyl (C=O) groups is 3. The van der Waals surface area contributed by atoms with E-state index >= 15 is 0 Å². The Bertz CT molecular complexity index is 382. The number of rotatable bonds is 5. The smallest absolute Gasteiger partial charge is 0.410 e. The molecule has 7 heteroatoms. The highest BCUT2D eigenvalue weighted by Gasteiger charge is 2.33. The molecule has 0 radical (unpaired) electrons. The van der Waals surface area contributed by atoms with Crippen LogP contribution < -0.4 is 0 Å². The maximum absolute atomic E-state index is 11.8. The first-order chi connectivity index (χ1) is 8.95. The van der Waals surface area contributed by atoms with E-state index in [0.717, 1.165) is 4.90 Å². The average molecular weight is 270 g/mol. The molecule has 1 saturated heterocycles. The third kappa shape index (κ3) is 4.27. The molecule has 0 aromatic heterocycles. The van der Waals surface area contributed by atoms with Crippen molar-refractivity contribution in [3.63, 3.8) is 0 Å². The van der Waals surface area contributed by atoms with Crippen LogP contribution in [-0.2, 0) is 14.3 Å². The summed E-state index contributed by atoms with van der Waals surface area (Å²) in [6.45, 7) is 5.31. The van der Waals surface area contributed by atoms with E-state index in [1.807, 2.05) is 0 Å². The van der Waals surface area contributed by atoms with E-state index in [4.69, 9.17) is 9.84 Å². The van der Waals surface area contributed by atoms with Crippen molar-refractivity contribution in [1.29, 1.82) is 0 Å². The van der Waals surface area contributed by atoms with Gasteiger partial charge in [-0.15, -0.1) is 0 Å². The molecule has 1 rings (SSSR count). The van der Waals surface area contributed by atoms with Crippen molar-refractivity contribution < 1.29 is 24.2 Å². The van der Waals surface area contributed by atoms with Crippen LogP contribution >= 0.6 is 0 Å². The summed E-state index contributed by atoms with van der Waals surface area (Å²) >= 11 is 0. The molecule has 1 heterocycles. The van der Waals surface area contributed by atoms with Crippen LogP contribution in [0.4, 0.5) is 4.79 Å². The number of carbonyl (C=O) groups excluding carboxylic acids is 2.